The van der Waals surface area contributed by atoms with Crippen LogP contribution in [0.15, 0.2) is 0 Å². The lowest BCUT2D eigenvalue weighted by Gasteiger charge is -2.41. The van der Waals surface area contributed by atoms with Gasteiger partial charge in [-0.2, -0.15) is 0 Å². The standard InChI is InChI=1S/C16H27NO2/c1-16(2,3)13(18)10-17-15(19)14(11-6-4-7-11)12-8-5-9-12/h11-12,14H,4-10H2,1-3H3,(H,17,19). The SMILES string of the molecule is CC(C)(C)C(=O)CNC(=O)C(C1CCC1)C1CCC1. The molecule has 0 atom stereocenters. The van der Waals surface area contributed by atoms with E-state index in [1.54, 1.807) is 0 Å². The summed E-state index contributed by atoms with van der Waals surface area (Å²) < 4.78 is 0. The maximum absolute atomic E-state index is 12.4. The van der Waals surface area contributed by atoms with Gasteiger partial charge < -0.3 is 5.32 Å². The third-order valence-corrected chi connectivity index (χ3v) is 4.88. The third-order valence-electron chi connectivity index (χ3n) is 4.88. The van der Waals surface area contributed by atoms with Crippen molar-refractivity contribution in [2.45, 2.75) is 59.3 Å². The molecule has 3 nitrogen and oxygen atoms in total. The number of carbonyl (C=O) groups is 2. The largest absolute Gasteiger partial charge is 0.349 e. The van der Waals surface area contributed by atoms with Crippen LogP contribution in [0.2, 0.25) is 0 Å². The maximum Gasteiger partial charge on any atom is 0.224 e. The second kappa shape index (κ2) is 5.64. The minimum absolute atomic E-state index is 0.113. The van der Waals surface area contributed by atoms with Crippen molar-refractivity contribution in [2.75, 3.05) is 6.54 Å². The summed E-state index contributed by atoms with van der Waals surface area (Å²) in [6.07, 6.45) is 7.32. The van der Waals surface area contributed by atoms with Gasteiger partial charge in [0.15, 0.2) is 5.78 Å². The van der Waals surface area contributed by atoms with Gasteiger partial charge in [0.05, 0.1) is 6.54 Å². The highest BCUT2D eigenvalue weighted by Crippen LogP contribution is 2.44. The lowest BCUT2D eigenvalue weighted by atomic mass is 9.64. The molecule has 1 N–H and O–H groups in total. The summed E-state index contributed by atoms with van der Waals surface area (Å²) in [4.78, 5) is 24.3. The number of nitrogens with one attached hydrogen (secondary N) is 1. The van der Waals surface area contributed by atoms with E-state index in [-0.39, 0.29) is 29.6 Å². The number of amides is 1. The molecule has 2 aliphatic rings. The first kappa shape index (κ1) is 14.5. The lowest BCUT2D eigenvalue weighted by molar-refractivity contribution is -0.135. The average Bonchev–Trinajstić information content (AvgIpc) is 2.17. The van der Waals surface area contributed by atoms with E-state index in [2.05, 4.69) is 5.32 Å². The zero-order valence-electron chi connectivity index (χ0n) is 12.5. The summed E-state index contributed by atoms with van der Waals surface area (Å²) in [5.74, 6) is 1.58. The summed E-state index contributed by atoms with van der Waals surface area (Å²) in [7, 11) is 0. The van der Waals surface area contributed by atoms with Gasteiger partial charge in [-0.3, -0.25) is 9.59 Å². The molecule has 0 aromatic heterocycles. The number of hydrogen-bond donors (Lipinski definition) is 1. The Bertz CT molecular complexity index is 334. The van der Waals surface area contributed by atoms with Crippen LogP contribution in [0, 0.1) is 23.2 Å². The van der Waals surface area contributed by atoms with Crippen LogP contribution in [0.3, 0.4) is 0 Å². The van der Waals surface area contributed by atoms with Crippen molar-refractivity contribution in [1.29, 1.82) is 0 Å². The van der Waals surface area contributed by atoms with Crippen molar-refractivity contribution in [2.24, 2.45) is 23.2 Å². The van der Waals surface area contributed by atoms with E-state index in [1.165, 1.54) is 38.5 Å². The average molecular weight is 265 g/mol. The molecule has 0 aromatic rings. The van der Waals surface area contributed by atoms with Gasteiger partial charge in [0.2, 0.25) is 5.91 Å². The molecule has 0 radical (unpaired) electrons. The molecule has 0 aliphatic heterocycles. The van der Waals surface area contributed by atoms with Gasteiger partial charge >= 0.3 is 0 Å². The Kier molecular flexibility index (Phi) is 4.32. The molecule has 19 heavy (non-hydrogen) atoms. The summed E-state index contributed by atoms with van der Waals surface area (Å²) >= 11 is 0. The topological polar surface area (TPSA) is 46.2 Å². The number of carbonyl (C=O) groups excluding carboxylic acids is 2. The number of rotatable bonds is 5. The molecule has 0 bridgehead atoms. The quantitative estimate of drug-likeness (QED) is 0.830. The molecule has 0 heterocycles. The fourth-order valence-electron chi connectivity index (χ4n) is 2.96. The second-order valence-corrected chi connectivity index (χ2v) is 7.30. The van der Waals surface area contributed by atoms with Crippen molar-refractivity contribution < 1.29 is 9.59 Å². The van der Waals surface area contributed by atoms with Crippen molar-refractivity contribution in [1.82, 2.24) is 5.32 Å². The van der Waals surface area contributed by atoms with Gasteiger partial charge in [0, 0.05) is 11.3 Å². The molecule has 1 amide bonds. The van der Waals surface area contributed by atoms with Crippen LogP contribution < -0.4 is 5.32 Å². The van der Waals surface area contributed by atoms with E-state index in [9.17, 15) is 9.59 Å². The molecule has 108 valence electrons. The fourth-order valence-corrected chi connectivity index (χ4v) is 2.96. The molecule has 2 fully saturated rings. The normalized spacial score (nSPS) is 20.8. The Hall–Kier alpha value is -0.860. The first-order valence-electron chi connectivity index (χ1n) is 7.70. The second-order valence-electron chi connectivity index (χ2n) is 7.30. The Labute approximate surface area is 116 Å². The van der Waals surface area contributed by atoms with Gasteiger partial charge in [-0.1, -0.05) is 33.6 Å². The summed E-state index contributed by atoms with van der Waals surface area (Å²) in [5.41, 5.74) is -0.365. The lowest BCUT2D eigenvalue weighted by Crippen LogP contribution is -2.46. The highest BCUT2D eigenvalue weighted by Gasteiger charge is 2.40. The number of ketones is 1. The smallest absolute Gasteiger partial charge is 0.224 e. The van der Waals surface area contributed by atoms with Crippen molar-refractivity contribution in [3.05, 3.63) is 0 Å². The summed E-state index contributed by atoms with van der Waals surface area (Å²) in [6.45, 7) is 5.89. The first-order valence-corrected chi connectivity index (χ1v) is 7.70. The van der Waals surface area contributed by atoms with Gasteiger partial charge in [-0.25, -0.2) is 0 Å². The predicted octanol–water partition coefficient (Wildman–Crippen LogP) is 2.93. The highest BCUT2D eigenvalue weighted by molar-refractivity contribution is 5.90. The van der Waals surface area contributed by atoms with Crippen LogP contribution in [-0.2, 0) is 9.59 Å². The molecule has 2 aliphatic carbocycles. The molecule has 0 aromatic carbocycles. The van der Waals surface area contributed by atoms with Crippen molar-refractivity contribution in [3.63, 3.8) is 0 Å². The van der Waals surface area contributed by atoms with Crippen molar-refractivity contribution in [3.8, 4) is 0 Å². The van der Waals surface area contributed by atoms with E-state index < -0.39 is 0 Å². The van der Waals surface area contributed by atoms with Gasteiger partial charge in [0.25, 0.3) is 0 Å². The predicted molar refractivity (Wildman–Crippen MR) is 75.6 cm³/mol. The molecule has 2 saturated carbocycles. The Morgan fingerprint density at radius 2 is 1.53 bits per heavy atom. The molecule has 0 saturated heterocycles. The van der Waals surface area contributed by atoms with Crippen LogP contribution >= 0.6 is 0 Å². The third kappa shape index (κ3) is 3.37. The fraction of sp³-hybridized carbons (Fsp3) is 0.875. The van der Waals surface area contributed by atoms with E-state index in [0.717, 1.165) is 0 Å². The maximum atomic E-state index is 12.4. The van der Waals surface area contributed by atoms with E-state index in [0.29, 0.717) is 11.8 Å². The minimum Gasteiger partial charge on any atom is -0.349 e. The van der Waals surface area contributed by atoms with E-state index >= 15 is 0 Å². The van der Waals surface area contributed by atoms with E-state index in [1.807, 2.05) is 20.8 Å². The molecule has 3 heteroatoms. The monoisotopic (exact) mass is 265 g/mol. The van der Waals surface area contributed by atoms with Gasteiger partial charge in [-0.15, -0.1) is 0 Å². The summed E-state index contributed by atoms with van der Waals surface area (Å²) in [6, 6.07) is 0. The molecular formula is C16H27NO2. The van der Waals surface area contributed by atoms with Crippen LogP contribution in [0.1, 0.15) is 59.3 Å². The Balaban J connectivity index is 1.87. The van der Waals surface area contributed by atoms with Gasteiger partial charge in [-0.05, 0) is 37.5 Å². The molecule has 2 rings (SSSR count). The van der Waals surface area contributed by atoms with Crippen molar-refractivity contribution >= 4 is 11.7 Å². The first-order chi connectivity index (χ1) is 8.89. The molecular weight excluding hydrogens is 238 g/mol. The van der Waals surface area contributed by atoms with E-state index in [4.69, 9.17) is 0 Å². The summed E-state index contributed by atoms with van der Waals surface area (Å²) in [5, 5.41) is 2.90. The molecule has 0 unspecified atom stereocenters. The highest BCUT2D eigenvalue weighted by atomic mass is 16.2. The van der Waals surface area contributed by atoms with Crippen LogP contribution in [0.25, 0.3) is 0 Å². The minimum atomic E-state index is -0.365. The number of hydrogen-bond acceptors (Lipinski definition) is 2. The zero-order valence-corrected chi connectivity index (χ0v) is 12.5. The van der Waals surface area contributed by atoms with Crippen LogP contribution in [0.4, 0.5) is 0 Å². The van der Waals surface area contributed by atoms with Crippen LogP contribution in [-0.4, -0.2) is 18.2 Å². The zero-order chi connectivity index (χ0) is 14.0. The Morgan fingerprint density at radius 3 is 1.84 bits per heavy atom. The number of Topliss-reactive ketones (excluding diaryl/α,β-unsaturated/α-hetero) is 1. The van der Waals surface area contributed by atoms with Crippen LogP contribution in [0.5, 0.6) is 0 Å². The molecule has 0 spiro atoms. The Morgan fingerprint density at radius 1 is 1.05 bits per heavy atom. The van der Waals surface area contributed by atoms with Gasteiger partial charge in [0.1, 0.15) is 0 Å².